The van der Waals surface area contributed by atoms with Crippen LogP contribution in [-0.4, -0.2) is 55.7 Å². The highest BCUT2D eigenvalue weighted by molar-refractivity contribution is 6.32. The summed E-state index contributed by atoms with van der Waals surface area (Å²) in [5.74, 6) is 0.362. The molecule has 2 aromatic carbocycles. The number of fused-ring (bicyclic) bond motifs is 1. The summed E-state index contributed by atoms with van der Waals surface area (Å²) in [6.07, 6.45) is 1.34. The predicted molar refractivity (Wildman–Crippen MR) is 111 cm³/mol. The first-order valence-electron chi connectivity index (χ1n) is 9.00. The normalized spacial score (nSPS) is 10.9. The molecule has 160 valence electrons. The van der Waals surface area contributed by atoms with Crippen molar-refractivity contribution in [2.75, 3.05) is 46.0 Å². The standard InChI is InChI=1S/C20H21ClFN3O5/c1-27-3-5-29-18-7-12-15(10-19(18)30-6-4-28-2)23-11-24-20(12)25-16-9-17(26)13(21)8-14(16)22/h7-11,26H,3-6H2,1-2H3,(H,23,24,25). The molecule has 2 N–H and O–H groups in total. The number of hydrogen-bond acceptors (Lipinski definition) is 8. The van der Waals surface area contributed by atoms with E-state index in [9.17, 15) is 9.50 Å². The number of phenols is 1. The molecule has 3 rings (SSSR count). The molecule has 0 amide bonds. The van der Waals surface area contributed by atoms with Crippen LogP contribution in [0, 0.1) is 5.82 Å². The van der Waals surface area contributed by atoms with Crippen LogP contribution in [0.3, 0.4) is 0 Å². The molecule has 0 bridgehead atoms. The van der Waals surface area contributed by atoms with Crippen molar-refractivity contribution >= 4 is 34.0 Å². The van der Waals surface area contributed by atoms with Crippen molar-refractivity contribution in [2.24, 2.45) is 0 Å². The molecule has 0 atom stereocenters. The maximum atomic E-state index is 14.3. The average molecular weight is 438 g/mol. The molecule has 0 aliphatic rings. The molecule has 0 aliphatic carbocycles. The Morgan fingerprint density at radius 3 is 2.30 bits per heavy atom. The fraction of sp³-hybridized carbons (Fsp3) is 0.300. The fourth-order valence-corrected chi connectivity index (χ4v) is 2.77. The molecule has 0 unspecified atom stereocenters. The number of rotatable bonds is 10. The van der Waals surface area contributed by atoms with Gasteiger partial charge < -0.3 is 29.4 Å². The zero-order chi connectivity index (χ0) is 21.5. The zero-order valence-corrected chi connectivity index (χ0v) is 17.2. The second-order valence-electron chi connectivity index (χ2n) is 6.13. The number of hydrogen-bond donors (Lipinski definition) is 2. The molecule has 0 saturated heterocycles. The van der Waals surface area contributed by atoms with Gasteiger partial charge in [-0.15, -0.1) is 0 Å². The highest BCUT2D eigenvalue weighted by Crippen LogP contribution is 2.36. The van der Waals surface area contributed by atoms with Gasteiger partial charge >= 0.3 is 0 Å². The Morgan fingerprint density at radius 2 is 1.63 bits per heavy atom. The molecule has 0 saturated carbocycles. The molecule has 0 fully saturated rings. The van der Waals surface area contributed by atoms with Gasteiger partial charge in [0.2, 0.25) is 0 Å². The van der Waals surface area contributed by atoms with Crippen LogP contribution in [0.15, 0.2) is 30.6 Å². The van der Waals surface area contributed by atoms with E-state index < -0.39 is 5.82 Å². The van der Waals surface area contributed by atoms with Gasteiger partial charge in [0.25, 0.3) is 0 Å². The van der Waals surface area contributed by atoms with Crippen molar-refractivity contribution in [3.05, 3.63) is 41.4 Å². The maximum Gasteiger partial charge on any atom is 0.163 e. The van der Waals surface area contributed by atoms with E-state index in [1.165, 1.54) is 12.4 Å². The van der Waals surface area contributed by atoms with Gasteiger partial charge in [-0.2, -0.15) is 0 Å². The van der Waals surface area contributed by atoms with E-state index in [1.54, 1.807) is 26.4 Å². The molecule has 3 aromatic rings. The lowest BCUT2D eigenvalue weighted by Crippen LogP contribution is -2.09. The smallest absolute Gasteiger partial charge is 0.163 e. The first-order chi connectivity index (χ1) is 14.5. The van der Waals surface area contributed by atoms with Crippen molar-refractivity contribution in [3.63, 3.8) is 0 Å². The summed E-state index contributed by atoms with van der Waals surface area (Å²) in [7, 11) is 3.16. The zero-order valence-electron chi connectivity index (χ0n) is 16.4. The molecule has 30 heavy (non-hydrogen) atoms. The Kier molecular flexibility index (Phi) is 7.45. The van der Waals surface area contributed by atoms with E-state index in [0.29, 0.717) is 54.6 Å². The predicted octanol–water partition coefficient (Wildman–Crippen LogP) is 3.92. The highest BCUT2D eigenvalue weighted by atomic mass is 35.5. The molecule has 0 radical (unpaired) electrons. The van der Waals surface area contributed by atoms with Gasteiger partial charge in [0.05, 0.1) is 29.4 Å². The molecule has 1 heterocycles. The number of aromatic hydroxyl groups is 1. The summed E-state index contributed by atoms with van der Waals surface area (Å²) in [5, 5.41) is 13.1. The molecule has 0 spiro atoms. The molecule has 1 aromatic heterocycles. The van der Waals surface area contributed by atoms with Gasteiger partial charge in [-0.1, -0.05) is 11.6 Å². The maximum absolute atomic E-state index is 14.3. The molecular weight excluding hydrogens is 417 g/mol. The second kappa shape index (κ2) is 10.2. The van der Waals surface area contributed by atoms with Crippen LogP contribution in [-0.2, 0) is 9.47 Å². The van der Waals surface area contributed by atoms with E-state index in [4.69, 9.17) is 30.5 Å². The van der Waals surface area contributed by atoms with Gasteiger partial charge in [-0.25, -0.2) is 14.4 Å². The number of methoxy groups -OCH3 is 2. The Labute approximate surface area is 177 Å². The third kappa shape index (κ3) is 5.18. The number of nitrogens with one attached hydrogen (secondary N) is 1. The third-order valence-corrected chi connectivity index (χ3v) is 4.38. The number of nitrogens with zero attached hydrogens (tertiary/aromatic N) is 2. The fourth-order valence-electron chi connectivity index (χ4n) is 2.62. The van der Waals surface area contributed by atoms with E-state index in [2.05, 4.69) is 15.3 Å². The third-order valence-electron chi connectivity index (χ3n) is 4.08. The summed E-state index contributed by atoms with van der Waals surface area (Å²) in [6.45, 7) is 1.43. The van der Waals surface area contributed by atoms with Crippen LogP contribution < -0.4 is 14.8 Å². The summed E-state index contributed by atoms with van der Waals surface area (Å²) < 4.78 is 35.8. The number of ether oxygens (including phenoxy) is 4. The van der Waals surface area contributed by atoms with E-state index in [-0.39, 0.29) is 16.5 Å². The lowest BCUT2D eigenvalue weighted by atomic mass is 10.2. The average Bonchev–Trinajstić information content (AvgIpc) is 2.73. The first-order valence-corrected chi connectivity index (χ1v) is 9.38. The minimum absolute atomic E-state index is 0.0131. The van der Waals surface area contributed by atoms with Crippen molar-refractivity contribution in [1.82, 2.24) is 9.97 Å². The molecule has 8 nitrogen and oxygen atoms in total. The van der Waals surface area contributed by atoms with Gasteiger partial charge in [-0.05, 0) is 12.1 Å². The monoisotopic (exact) mass is 437 g/mol. The summed E-state index contributed by atoms with van der Waals surface area (Å²) in [6, 6.07) is 5.60. The lowest BCUT2D eigenvalue weighted by Gasteiger charge is -2.15. The van der Waals surface area contributed by atoms with Crippen molar-refractivity contribution in [3.8, 4) is 17.2 Å². The van der Waals surface area contributed by atoms with Crippen LogP contribution in [0.25, 0.3) is 10.9 Å². The van der Waals surface area contributed by atoms with E-state index in [0.717, 1.165) is 6.07 Å². The number of phenolic OH excluding ortho intramolecular Hbond substituents is 1. The second-order valence-corrected chi connectivity index (χ2v) is 6.54. The van der Waals surface area contributed by atoms with Crippen LogP contribution in [0.4, 0.5) is 15.9 Å². The first kappa shape index (κ1) is 21.8. The van der Waals surface area contributed by atoms with Crippen LogP contribution in [0.2, 0.25) is 5.02 Å². The Hall–Kier alpha value is -2.88. The van der Waals surface area contributed by atoms with Gasteiger partial charge in [-0.3, -0.25) is 0 Å². The van der Waals surface area contributed by atoms with E-state index >= 15 is 0 Å². The Bertz CT molecular complexity index is 1020. The van der Waals surface area contributed by atoms with Crippen LogP contribution in [0.5, 0.6) is 17.2 Å². The van der Waals surface area contributed by atoms with Crippen molar-refractivity contribution in [2.45, 2.75) is 0 Å². The van der Waals surface area contributed by atoms with Crippen molar-refractivity contribution in [1.29, 1.82) is 0 Å². The number of benzene rings is 2. The van der Waals surface area contributed by atoms with Crippen LogP contribution >= 0.6 is 11.6 Å². The highest BCUT2D eigenvalue weighted by Gasteiger charge is 2.15. The quantitative estimate of drug-likeness (QED) is 0.461. The minimum atomic E-state index is -0.638. The van der Waals surface area contributed by atoms with E-state index in [1.807, 2.05) is 0 Å². The van der Waals surface area contributed by atoms with Gasteiger partial charge in [0.15, 0.2) is 11.5 Å². The SMILES string of the molecule is COCCOc1cc2ncnc(Nc3cc(O)c(Cl)cc3F)c2cc1OCCOC. The summed E-state index contributed by atoms with van der Waals surface area (Å²) in [5.41, 5.74) is 0.566. The topological polar surface area (TPSA) is 95.0 Å². The summed E-state index contributed by atoms with van der Waals surface area (Å²) in [4.78, 5) is 8.45. The largest absolute Gasteiger partial charge is 0.506 e. The Balaban J connectivity index is 1.99. The number of aromatic nitrogens is 2. The van der Waals surface area contributed by atoms with Crippen LogP contribution in [0.1, 0.15) is 0 Å². The molecule has 0 aliphatic heterocycles. The Morgan fingerprint density at radius 1 is 0.967 bits per heavy atom. The van der Waals surface area contributed by atoms with Gasteiger partial charge in [0, 0.05) is 31.7 Å². The number of anilines is 2. The lowest BCUT2D eigenvalue weighted by molar-refractivity contribution is 0.132. The van der Waals surface area contributed by atoms with Crippen molar-refractivity contribution < 1.29 is 28.4 Å². The summed E-state index contributed by atoms with van der Waals surface area (Å²) >= 11 is 5.74. The van der Waals surface area contributed by atoms with Gasteiger partial charge in [0.1, 0.15) is 36.9 Å². The minimum Gasteiger partial charge on any atom is -0.506 e. The molecular formula is C20H21ClFN3O5. The number of halogens is 2. The molecule has 10 heteroatoms.